The molecule has 1 aromatic carbocycles. The van der Waals surface area contributed by atoms with Crippen molar-refractivity contribution in [2.24, 2.45) is 0 Å². The molecule has 8 heteroatoms. The van der Waals surface area contributed by atoms with Crippen LogP contribution in [0.15, 0.2) is 42.6 Å². The molecule has 0 atom stereocenters. The van der Waals surface area contributed by atoms with Gasteiger partial charge in [-0.25, -0.2) is 4.98 Å². The van der Waals surface area contributed by atoms with Crippen LogP contribution in [0.2, 0.25) is 5.02 Å². The lowest BCUT2D eigenvalue weighted by molar-refractivity contribution is -0.144. The molecule has 1 spiro atoms. The maximum absolute atomic E-state index is 12.5. The Kier molecular flexibility index (Phi) is 4.31. The Morgan fingerprint density at radius 3 is 2.59 bits per heavy atom. The lowest BCUT2D eigenvalue weighted by Gasteiger charge is -2.39. The fourth-order valence-electron chi connectivity index (χ4n) is 3.70. The molecule has 1 fully saturated rings. The van der Waals surface area contributed by atoms with Crippen LogP contribution in [0.3, 0.4) is 0 Å². The average Bonchev–Trinajstić information content (AvgIpc) is 2.96. The van der Waals surface area contributed by atoms with Gasteiger partial charge in [-0.2, -0.15) is 0 Å². The van der Waals surface area contributed by atoms with Gasteiger partial charge in [-0.3, -0.25) is 14.4 Å². The molecule has 2 aliphatic rings. The summed E-state index contributed by atoms with van der Waals surface area (Å²) in [6.07, 6.45) is 2.52. The molecule has 3 heterocycles. The van der Waals surface area contributed by atoms with Crippen molar-refractivity contribution in [1.82, 2.24) is 15.2 Å². The van der Waals surface area contributed by atoms with Crippen LogP contribution < -0.4 is 10.6 Å². The van der Waals surface area contributed by atoms with Gasteiger partial charge in [-0.1, -0.05) is 29.8 Å². The Bertz CT molecular complexity index is 921. The number of hydrogen-bond acceptors (Lipinski definition) is 4. The van der Waals surface area contributed by atoms with E-state index in [0.717, 1.165) is 5.56 Å². The molecule has 3 amide bonds. The number of anilines is 1. The van der Waals surface area contributed by atoms with E-state index in [4.69, 9.17) is 11.6 Å². The van der Waals surface area contributed by atoms with E-state index in [-0.39, 0.29) is 11.7 Å². The summed E-state index contributed by atoms with van der Waals surface area (Å²) >= 11 is 5.76. The molecule has 1 saturated heterocycles. The fourth-order valence-corrected chi connectivity index (χ4v) is 3.81. The first kappa shape index (κ1) is 17.5. The summed E-state index contributed by atoms with van der Waals surface area (Å²) in [5.41, 5.74) is 1.19. The summed E-state index contributed by atoms with van der Waals surface area (Å²) in [5, 5.41) is 5.99. The van der Waals surface area contributed by atoms with Crippen LogP contribution in [0, 0.1) is 0 Å². The number of amides is 3. The first-order valence-electron chi connectivity index (χ1n) is 8.62. The van der Waals surface area contributed by atoms with Crippen molar-refractivity contribution in [2.75, 3.05) is 18.4 Å². The van der Waals surface area contributed by atoms with Gasteiger partial charge in [0.2, 0.25) is 0 Å². The standard InChI is InChI=1S/C19H17ClN4O3/c20-12-5-6-15(21-11-12)22-17(26)18(27)24-9-7-19(8-10-24)14-4-2-1-3-13(14)16(25)23-19/h1-6,11H,7-10H2,(H,23,25)(H,21,22,26). The van der Waals surface area contributed by atoms with Gasteiger partial charge in [-0.15, -0.1) is 0 Å². The average molecular weight is 385 g/mol. The van der Waals surface area contributed by atoms with E-state index in [0.29, 0.717) is 36.5 Å². The Morgan fingerprint density at radius 1 is 1.15 bits per heavy atom. The molecule has 2 N–H and O–H groups in total. The second kappa shape index (κ2) is 6.66. The van der Waals surface area contributed by atoms with E-state index in [9.17, 15) is 14.4 Å². The zero-order valence-electron chi connectivity index (χ0n) is 14.4. The Labute approximate surface area is 160 Å². The van der Waals surface area contributed by atoms with Crippen LogP contribution in [0.5, 0.6) is 0 Å². The molecule has 0 saturated carbocycles. The van der Waals surface area contributed by atoms with Crippen molar-refractivity contribution < 1.29 is 14.4 Å². The van der Waals surface area contributed by atoms with Gasteiger partial charge in [0.15, 0.2) is 0 Å². The number of aromatic nitrogens is 1. The quantitative estimate of drug-likeness (QED) is 0.735. The third-order valence-corrected chi connectivity index (χ3v) is 5.33. The normalized spacial score (nSPS) is 17.4. The number of hydrogen-bond donors (Lipinski definition) is 2. The number of nitrogens with zero attached hydrogens (tertiary/aromatic N) is 2. The van der Waals surface area contributed by atoms with E-state index in [1.165, 1.54) is 17.2 Å². The second-order valence-electron chi connectivity index (χ2n) is 6.69. The zero-order valence-corrected chi connectivity index (χ0v) is 15.1. The number of fused-ring (bicyclic) bond motifs is 2. The van der Waals surface area contributed by atoms with Crippen molar-refractivity contribution >= 4 is 35.1 Å². The highest BCUT2D eigenvalue weighted by Crippen LogP contribution is 2.39. The summed E-state index contributed by atoms with van der Waals surface area (Å²) < 4.78 is 0. The zero-order chi connectivity index (χ0) is 19.0. The highest BCUT2D eigenvalue weighted by Gasteiger charge is 2.45. The van der Waals surface area contributed by atoms with Gasteiger partial charge in [0.05, 0.1) is 10.6 Å². The Hall–Kier alpha value is -2.93. The predicted molar refractivity (Wildman–Crippen MR) is 99.3 cm³/mol. The van der Waals surface area contributed by atoms with Gasteiger partial charge in [0.25, 0.3) is 5.91 Å². The third kappa shape index (κ3) is 3.14. The van der Waals surface area contributed by atoms with Gasteiger partial charge in [-0.05, 0) is 36.6 Å². The number of benzene rings is 1. The minimum Gasteiger partial charge on any atom is -0.342 e. The number of carbonyl (C=O) groups excluding carboxylic acids is 3. The number of nitrogens with one attached hydrogen (secondary N) is 2. The number of pyridine rings is 1. The summed E-state index contributed by atoms with van der Waals surface area (Å²) in [4.78, 5) is 42.3. The molecular formula is C19H17ClN4O3. The number of carbonyl (C=O) groups is 3. The molecule has 0 bridgehead atoms. The molecule has 0 unspecified atom stereocenters. The van der Waals surface area contributed by atoms with Crippen LogP contribution in [0.4, 0.5) is 5.82 Å². The summed E-state index contributed by atoms with van der Waals surface area (Å²) in [7, 11) is 0. The van der Waals surface area contributed by atoms with E-state index in [2.05, 4.69) is 15.6 Å². The SMILES string of the molecule is O=C(Nc1ccc(Cl)cn1)C(=O)N1CCC2(CC1)NC(=O)c1ccccc12. The van der Waals surface area contributed by atoms with E-state index in [1.54, 1.807) is 6.07 Å². The van der Waals surface area contributed by atoms with E-state index >= 15 is 0 Å². The van der Waals surface area contributed by atoms with Crippen molar-refractivity contribution in [2.45, 2.75) is 18.4 Å². The van der Waals surface area contributed by atoms with Crippen LogP contribution in [0.25, 0.3) is 0 Å². The van der Waals surface area contributed by atoms with Gasteiger partial charge in [0.1, 0.15) is 5.82 Å². The molecule has 1 aromatic heterocycles. The molecule has 7 nitrogen and oxygen atoms in total. The Balaban J connectivity index is 1.42. The van der Waals surface area contributed by atoms with Crippen LogP contribution >= 0.6 is 11.6 Å². The maximum Gasteiger partial charge on any atom is 0.315 e. The van der Waals surface area contributed by atoms with Crippen LogP contribution in [-0.2, 0) is 15.1 Å². The summed E-state index contributed by atoms with van der Waals surface area (Å²) in [6, 6.07) is 10.6. The number of halogens is 1. The minimum atomic E-state index is -0.739. The lowest BCUT2D eigenvalue weighted by atomic mass is 9.82. The molecule has 27 heavy (non-hydrogen) atoms. The summed E-state index contributed by atoms with van der Waals surface area (Å²) in [5.74, 6) is -1.17. The van der Waals surface area contributed by atoms with Gasteiger partial charge < -0.3 is 15.5 Å². The van der Waals surface area contributed by atoms with E-state index < -0.39 is 17.4 Å². The minimum absolute atomic E-state index is 0.0862. The molecule has 138 valence electrons. The number of rotatable bonds is 1. The molecule has 0 radical (unpaired) electrons. The first-order valence-corrected chi connectivity index (χ1v) is 9.00. The molecule has 4 rings (SSSR count). The molecule has 2 aliphatic heterocycles. The molecular weight excluding hydrogens is 368 g/mol. The highest BCUT2D eigenvalue weighted by molar-refractivity contribution is 6.39. The fraction of sp³-hybridized carbons (Fsp3) is 0.263. The molecule has 2 aromatic rings. The van der Waals surface area contributed by atoms with E-state index in [1.807, 2.05) is 24.3 Å². The van der Waals surface area contributed by atoms with Crippen molar-refractivity contribution in [3.8, 4) is 0 Å². The van der Waals surface area contributed by atoms with Crippen molar-refractivity contribution in [3.63, 3.8) is 0 Å². The third-order valence-electron chi connectivity index (χ3n) is 5.11. The van der Waals surface area contributed by atoms with Gasteiger partial charge >= 0.3 is 11.8 Å². The first-order chi connectivity index (χ1) is 13.0. The Morgan fingerprint density at radius 2 is 1.89 bits per heavy atom. The van der Waals surface area contributed by atoms with Crippen molar-refractivity contribution in [3.05, 3.63) is 58.7 Å². The number of likely N-dealkylation sites (tertiary alicyclic amines) is 1. The highest BCUT2D eigenvalue weighted by atomic mass is 35.5. The van der Waals surface area contributed by atoms with Crippen LogP contribution in [-0.4, -0.2) is 40.7 Å². The smallest absolute Gasteiger partial charge is 0.315 e. The summed E-state index contributed by atoms with van der Waals surface area (Å²) in [6.45, 7) is 0.768. The lowest BCUT2D eigenvalue weighted by Crippen LogP contribution is -2.52. The topological polar surface area (TPSA) is 91.4 Å². The van der Waals surface area contributed by atoms with Gasteiger partial charge in [0, 0.05) is 24.8 Å². The number of piperidine rings is 1. The predicted octanol–water partition coefficient (Wildman–Crippen LogP) is 1.93. The molecule has 0 aliphatic carbocycles. The van der Waals surface area contributed by atoms with Crippen LogP contribution in [0.1, 0.15) is 28.8 Å². The monoisotopic (exact) mass is 384 g/mol. The largest absolute Gasteiger partial charge is 0.342 e. The second-order valence-corrected chi connectivity index (χ2v) is 7.13. The maximum atomic E-state index is 12.5. The van der Waals surface area contributed by atoms with Crippen molar-refractivity contribution in [1.29, 1.82) is 0 Å².